The molecular weight excluding hydrogens is 308 g/mol. The number of aliphatic hydroxyl groups is 1. The number of aliphatic carboxylic acids is 1. The molecule has 1 unspecified atom stereocenters. The second kappa shape index (κ2) is 6.21. The minimum absolute atomic E-state index is 0.299. The van der Waals surface area contributed by atoms with Crippen LogP contribution in [0.25, 0.3) is 0 Å². The number of anilines is 1. The summed E-state index contributed by atoms with van der Waals surface area (Å²) in [7, 11) is 0. The number of thiazole rings is 1. The number of carbonyl (C=O) groups is 2. The molecule has 0 saturated carbocycles. The van der Waals surface area contributed by atoms with Gasteiger partial charge in [-0.25, -0.2) is 14.6 Å². The van der Waals surface area contributed by atoms with Crippen LogP contribution >= 0.6 is 11.3 Å². The number of aryl methyl sites for hydroxylation is 1. The summed E-state index contributed by atoms with van der Waals surface area (Å²) in [6, 6.07) is 0. The number of carboxylic acids is 1. The van der Waals surface area contributed by atoms with Gasteiger partial charge < -0.3 is 14.9 Å². The molecule has 0 aromatic carbocycles. The zero-order valence-electron chi connectivity index (χ0n) is 13.6. The van der Waals surface area contributed by atoms with Crippen LogP contribution in [-0.2, 0) is 14.9 Å². The largest absolute Gasteiger partial charge is 0.479 e. The Hall–Kier alpha value is -1.67. The molecule has 0 saturated heterocycles. The average Bonchev–Trinajstić information content (AvgIpc) is 2.66. The molecule has 1 heterocycles. The van der Waals surface area contributed by atoms with Gasteiger partial charge in [0.1, 0.15) is 5.60 Å². The highest BCUT2D eigenvalue weighted by atomic mass is 32.1. The van der Waals surface area contributed by atoms with Gasteiger partial charge >= 0.3 is 12.1 Å². The van der Waals surface area contributed by atoms with Crippen LogP contribution in [0.15, 0.2) is 0 Å². The van der Waals surface area contributed by atoms with Gasteiger partial charge in [0.2, 0.25) is 0 Å². The summed E-state index contributed by atoms with van der Waals surface area (Å²) in [4.78, 5) is 27.5. The predicted molar refractivity (Wildman–Crippen MR) is 83.4 cm³/mol. The van der Waals surface area contributed by atoms with Crippen molar-refractivity contribution >= 4 is 28.5 Å². The third-order valence-electron chi connectivity index (χ3n) is 2.91. The molecule has 1 amide bonds. The van der Waals surface area contributed by atoms with Crippen LogP contribution in [0.4, 0.5) is 9.93 Å². The normalized spacial score (nSPS) is 13.6. The molecule has 0 fully saturated rings. The molecule has 8 heteroatoms. The molecule has 124 valence electrons. The van der Waals surface area contributed by atoms with Crippen LogP contribution in [0, 0.1) is 6.92 Å². The van der Waals surface area contributed by atoms with E-state index in [1.807, 2.05) is 0 Å². The van der Waals surface area contributed by atoms with Crippen molar-refractivity contribution in [2.45, 2.75) is 58.7 Å². The molecule has 0 spiro atoms. The maximum Gasteiger partial charge on any atom is 0.413 e. The van der Waals surface area contributed by atoms with Crippen LogP contribution in [0.3, 0.4) is 0 Å². The van der Waals surface area contributed by atoms with E-state index in [9.17, 15) is 14.7 Å². The van der Waals surface area contributed by atoms with E-state index in [2.05, 4.69) is 10.3 Å². The lowest BCUT2D eigenvalue weighted by Gasteiger charge is -2.26. The van der Waals surface area contributed by atoms with Crippen molar-refractivity contribution in [2.75, 3.05) is 5.32 Å². The Morgan fingerprint density at radius 3 is 2.27 bits per heavy atom. The summed E-state index contributed by atoms with van der Waals surface area (Å²) in [5, 5.41) is 21.7. The quantitative estimate of drug-likeness (QED) is 0.783. The number of hydrogen-bond donors (Lipinski definition) is 3. The zero-order valence-corrected chi connectivity index (χ0v) is 14.4. The molecule has 0 bridgehead atoms. The van der Waals surface area contributed by atoms with Crippen molar-refractivity contribution in [2.24, 2.45) is 0 Å². The second-order valence-corrected chi connectivity index (χ2v) is 7.52. The Morgan fingerprint density at radius 1 is 1.27 bits per heavy atom. The summed E-state index contributed by atoms with van der Waals surface area (Å²) in [6.45, 7) is 10.2. The first kappa shape index (κ1) is 18.4. The number of amides is 1. The van der Waals surface area contributed by atoms with Crippen molar-refractivity contribution in [3.63, 3.8) is 0 Å². The third kappa shape index (κ3) is 4.41. The number of aromatic nitrogens is 1. The second-order valence-electron chi connectivity index (χ2n) is 6.52. The minimum atomic E-state index is -1.57. The lowest BCUT2D eigenvalue weighted by molar-refractivity contribution is -0.150. The van der Waals surface area contributed by atoms with Gasteiger partial charge in [-0.05, 0) is 27.7 Å². The van der Waals surface area contributed by atoms with Gasteiger partial charge in [-0.1, -0.05) is 13.8 Å². The highest BCUT2D eigenvalue weighted by molar-refractivity contribution is 7.16. The topological polar surface area (TPSA) is 109 Å². The van der Waals surface area contributed by atoms with Crippen molar-refractivity contribution < 1.29 is 24.5 Å². The summed E-state index contributed by atoms with van der Waals surface area (Å²) in [5.74, 6) is -1.31. The number of nitrogens with zero attached hydrogens (tertiary/aromatic N) is 1. The SMILES string of the molecule is Cc1nc(NC(=O)OC(C)(C)C)sc1C(C)(C)C(O)C(=O)O. The van der Waals surface area contributed by atoms with Gasteiger partial charge in [0.15, 0.2) is 11.2 Å². The lowest BCUT2D eigenvalue weighted by atomic mass is 9.84. The van der Waals surface area contributed by atoms with E-state index in [4.69, 9.17) is 9.84 Å². The van der Waals surface area contributed by atoms with Crippen LogP contribution in [-0.4, -0.2) is 39.0 Å². The summed E-state index contributed by atoms with van der Waals surface area (Å²) in [6.07, 6.45) is -2.20. The first-order valence-electron chi connectivity index (χ1n) is 6.73. The molecule has 22 heavy (non-hydrogen) atoms. The van der Waals surface area contributed by atoms with E-state index >= 15 is 0 Å². The molecule has 1 rings (SSSR count). The van der Waals surface area contributed by atoms with Gasteiger partial charge in [0, 0.05) is 10.3 Å². The van der Waals surface area contributed by atoms with Crippen LogP contribution < -0.4 is 5.32 Å². The smallest absolute Gasteiger partial charge is 0.413 e. The molecular formula is C14H22N2O5S. The van der Waals surface area contributed by atoms with Crippen LogP contribution in [0.5, 0.6) is 0 Å². The van der Waals surface area contributed by atoms with Gasteiger partial charge in [0.25, 0.3) is 0 Å². The van der Waals surface area contributed by atoms with Crippen LogP contribution in [0.1, 0.15) is 45.2 Å². The average molecular weight is 330 g/mol. The maximum atomic E-state index is 11.7. The minimum Gasteiger partial charge on any atom is -0.479 e. The van der Waals surface area contributed by atoms with Gasteiger partial charge in [-0.15, -0.1) is 11.3 Å². The fourth-order valence-corrected chi connectivity index (χ4v) is 2.95. The zero-order chi connectivity index (χ0) is 17.3. The van der Waals surface area contributed by atoms with E-state index in [-0.39, 0.29) is 0 Å². The van der Waals surface area contributed by atoms with E-state index in [0.29, 0.717) is 15.7 Å². The van der Waals surface area contributed by atoms with Gasteiger partial charge in [-0.2, -0.15) is 0 Å². The van der Waals surface area contributed by atoms with Gasteiger partial charge in [-0.3, -0.25) is 5.32 Å². The Labute approximate surface area is 133 Å². The predicted octanol–water partition coefficient (Wildman–Crippen LogP) is 2.52. The van der Waals surface area contributed by atoms with E-state index in [1.165, 1.54) is 0 Å². The van der Waals surface area contributed by atoms with Crippen molar-refractivity contribution in [1.82, 2.24) is 4.98 Å². The highest BCUT2D eigenvalue weighted by Crippen LogP contribution is 2.36. The summed E-state index contributed by atoms with van der Waals surface area (Å²) in [5.41, 5.74) is -1.10. The Balaban J connectivity index is 2.97. The number of carbonyl (C=O) groups excluding carboxylic acids is 1. The molecule has 0 aliphatic rings. The molecule has 1 aromatic heterocycles. The molecule has 0 aliphatic carbocycles. The Kier molecular flexibility index (Phi) is 5.19. The number of nitrogens with one attached hydrogen (secondary N) is 1. The standard InChI is InChI=1S/C14H22N2O5S/c1-7-9(14(5,6)8(17)10(18)19)22-11(15-7)16-12(20)21-13(2,3)4/h8,17H,1-6H3,(H,18,19)(H,15,16,20). The number of carboxylic acid groups (broad SMARTS) is 1. The molecule has 0 aliphatic heterocycles. The summed E-state index contributed by atoms with van der Waals surface area (Å²) < 4.78 is 5.14. The van der Waals surface area contributed by atoms with E-state index in [1.54, 1.807) is 41.5 Å². The number of hydrogen-bond acceptors (Lipinski definition) is 6. The third-order valence-corrected chi connectivity index (χ3v) is 4.32. The van der Waals surface area contributed by atoms with Crippen LogP contribution in [0.2, 0.25) is 0 Å². The molecule has 1 aromatic rings. The Morgan fingerprint density at radius 2 is 1.82 bits per heavy atom. The first-order valence-corrected chi connectivity index (χ1v) is 7.55. The van der Waals surface area contributed by atoms with E-state index < -0.39 is 29.2 Å². The molecule has 1 atom stereocenters. The number of rotatable bonds is 4. The highest BCUT2D eigenvalue weighted by Gasteiger charge is 2.38. The molecule has 3 N–H and O–H groups in total. The first-order chi connectivity index (χ1) is 9.84. The van der Waals surface area contributed by atoms with Crippen molar-refractivity contribution in [1.29, 1.82) is 0 Å². The summed E-state index contributed by atoms with van der Waals surface area (Å²) >= 11 is 1.12. The van der Waals surface area contributed by atoms with E-state index in [0.717, 1.165) is 11.3 Å². The Bertz CT molecular complexity index is 574. The molecule has 0 radical (unpaired) electrons. The van der Waals surface area contributed by atoms with Gasteiger partial charge in [0.05, 0.1) is 5.69 Å². The fourth-order valence-electron chi connectivity index (χ4n) is 1.87. The lowest BCUT2D eigenvalue weighted by Crippen LogP contribution is -2.39. The van der Waals surface area contributed by atoms with Crippen molar-refractivity contribution in [3.05, 3.63) is 10.6 Å². The maximum absolute atomic E-state index is 11.7. The van der Waals surface area contributed by atoms with Crippen molar-refractivity contribution in [3.8, 4) is 0 Å². The fraction of sp³-hybridized carbons (Fsp3) is 0.643. The monoisotopic (exact) mass is 330 g/mol. The molecule has 7 nitrogen and oxygen atoms in total. The number of ether oxygens (including phenoxy) is 1. The number of aliphatic hydroxyl groups excluding tert-OH is 1.